The number of nitrogens with zero attached hydrogens (tertiary/aromatic N) is 2. The Morgan fingerprint density at radius 1 is 1.09 bits per heavy atom. The Kier molecular flexibility index (Phi) is 4.63. The standard InChI is InChI=1S/C15H18N2O5S/c18-13(10-3-8-23-9-10)16-4-6-17(7-5-16)14(19)11-1-2-12(22-11)15(20)21/h3,8-9,11-12H,1-2,4-7H2,(H,20,21)/t11-,12+/m0/s1. The van der Waals surface area contributed by atoms with Crippen LogP contribution in [0.4, 0.5) is 0 Å². The van der Waals surface area contributed by atoms with Gasteiger partial charge in [0.15, 0.2) is 6.10 Å². The molecule has 2 aliphatic heterocycles. The van der Waals surface area contributed by atoms with E-state index in [0.29, 0.717) is 44.6 Å². The van der Waals surface area contributed by atoms with Gasteiger partial charge < -0.3 is 19.6 Å². The molecule has 2 aliphatic rings. The molecule has 0 spiro atoms. The van der Waals surface area contributed by atoms with Gasteiger partial charge in [0.25, 0.3) is 11.8 Å². The fourth-order valence-corrected chi connectivity index (χ4v) is 3.53. The molecule has 0 unspecified atom stereocenters. The summed E-state index contributed by atoms with van der Waals surface area (Å²) in [5.74, 6) is -1.20. The van der Waals surface area contributed by atoms with Crippen LogP contribution in [0.2, 0.25) is 0 Å². The van der Waals surface area contributed by atoms with Crippen LogP contribution >= 0.6 is 11.3 Å². The first-order chi connectivity index (χ1) is 11.1. The lowest BCUT2D eigenvalue weighted by atomic mass is 10.1. The van der Waals surface area contributed by atoms with E-state index in [-0.39, 0.29) is 11.8 Å². The first kappa shape index (κ1) is 15.9. The first-order valence-corrected chi connectivity index (χ1v) is 8.49. The molecule has 0 aromatic carbocycles. The molecule has 1 N–H and O–H groups in total. The molecule has 0 radical (unpaired) electrons. The van der Waals surface area contributed by atoms with Crippen molar-refractivity contribution >= 4 is 29.1 Å². The summed E-state index contributed by atoms with van der Waals surface area (Å²) in [5, 5.41) is 12.6. The number of amides is 2. The van der Waals surface area contributed by atoms with E-state index in [4.69, 9.17) is 9.84 Å². The van der Waals surface area contributed by atoms with Gasteiger partial charge in [0, 0.05) is 31.6 Å². The molecule has 0 saturated carbocycles. The smallest absolute Gasteiger partial charge is 0.332 e. The van der Waals surface area contributed by atoms with E-state index in [1.54, 1.807) is 15.9 Å². The molecule has 2 amide bonds. The monoisotopic (exact) mass is 338 g/mol. The zero-order chi connectivity index (χ0) is 16.4. The van der Waals surface area contributed by atoms with Crippen LogP contribution in [0.1, 0.15) is 23.2 Å². The van der Waals surface area contributed by atoms with Gasteiger partial charge in [-0.2, -0.15) is 11.3 Å². The molecule has 1 aromatic rings. The second-order valence-corrected chi connectivity index (χ2v) is 6.44. The van der Waals surface area contributed by atoms with Crippen molar-refractivity contribution in [2.24, 2.45) is 0 Å². The maximum Gasteiger partial charge on any atom is 0.332 e. The third-order valence-electron chi connectivity index (χ3n) is 4.22. The Labute approximate surface area is 137 Å². The number of carboxylic acid groups (broad SMARTS) is 1. The van der Waals surface area contributed by atoms with E-state index >= 15 is 0 Å². The minimum atomic E-state index is -1.02. The fourth-order valence-electron chi connectivity index (χ4n) is 2.90. The number of hydrogen-bond acceptors (Lipinski definition) is 5. The van der Waals surface area contributed by atoms with Crippen LogP contribution in [-0.4, -0.2) is 71.1 Å². The van der Waals surface area contributed by atoms with Gasteiger partial charge in [-0.15, -0.1) is 0 Å². The van der Waals surface area contributed by atoms with Crippen molar-refractivity contribution in [3.8, 4) is 0 Å². The molecule has 3 heterocycles. The third kappa shape index (κ3) is 3.37. The average molecular weight is 338 g/mol. The van der Waals surface area contributed by atoms with Gasteiger partial charge in [-0.1, -0.05) is 0 Å². The van der Waals surface area contributed by atoms with Gasteiger partial charge in [-0.3, -0.25) is 9.59 Å². The maximum atomic E-state index is 12.4. The van der Waals surface area contributed by atoms with Gasteiger partial charge in [0.2, 0.25) is 0 Å². The van der Waals surface area contributed by atoms with E-state index in [9.17, 15) is 14.4 Å². The molecule has 8 heteroatoms. The van der Waals surface area contributed by atoms with Crippen LogP contribution in [0.15, 0.2) is 16.8 Å². The number of carbonyl (C=O) groups is 3. The van der Waals surface area contributed by atoms with Gasteiger partial charge in [0.1, 0.15) is 6.10 Å². The topological polar surface area (TPSA) is 87.2 Å². The van der Waals surface area contributed by atoms with Gasteiger partial charge in [0.05, 0.1) is 5.56 Å². The summed E-state index contributed by atoms with van der Waals surface area (Å²) in [7, 11) is 0. The minimum Gasteiger partial charge on any atom is -0.479 e. The maximum absolute atomic E-state index is 12.4. The van der Waals surface area contributed by atoms with Crippen molar-refractivity contribution in [2.45, 2.75) is 25.0 Å². The number of rotatable bonds is 3. The number of carbonyl (C=O) groups excluding carboxylic acids is 2. The summed E-state index contributed by atoms with van der Waals surface area (Å²) in [6.45, 7) is 1.86. The van der Waals surface area contributed by atoms with E-state index in [1.165, 1.54) is 11.3 Å². The van der Waals surface area contributed by atoms with E-state index < -0.39 is 18.2 Å². The van der Waals surface area contributed by atoms with Crippen molar-refractivity contribution in [1.82, 2.24) is 9.80 Å². The largest absolute Gasteiger partial charge is 0.479 e. The SMILES string of the molecule is O=C(O)[C@H]1CC[C@@H](C(=O)N2CCN(C(=O)c3ccsc3)CC2)O1. The van der Waals surface area contributed by atoms with Crippen molar-refractivity contribution in [2.75, 3.05) is 26.2 Å². The normalized spacial score (nSPS) is 24.7. The number of ether oxygens (including phenoxy) is 1. The molecule has 23 heavy (non-hydrogen) atoms. The molecule has 0 aliphatic carbocycles. The van der Waals surface area contributed by atoms with Crippen LogP contribution in [0, 0.1) is 0 Å². The summed E-state index contributed by atoms with van der Waals surface area (Å²) >= 11 is 1.48. The minimum absolute atomic E-state index is 0.0126. The second kappa shape index (κ2) is 6.67. The van der Waals surface area contributed by atoms with E-state index in [2.05, 4.69) is 0 Å². The Bertz CT molecular complexity index is 595. The summed E-state index contributed by atoms with van der Waals surface area (Å²) < 4.78 is 5.30. The highest BCUT2D eigenvalue weighted by molar-refractivity contribution is 7.08. The molecule has 7 nitrogen and oxygen atoms in total. The van der Waals surface area contributed by atoms with Crippen molar-refractivity contribution in [1.29, 1.82) is 0 Å². The molecular formula is C15H18N2O5S. The highest BCUT2D eigenvalue weighted by atomic mass is 32.1. The number of thiophene rings is 1. The van der Waals surface area contributed by atoms with Crippen LogP contribution < -0.4 is 0 Å². The molecule has 0 bridgehead atoms. The first-order valence-electron chi connectivity index (χ1n) is 7.55. The number of piperazine rings is 1. The van der Waals surface area contributed by atoms with Gasteiger partial charge in [-0.05, 0) is 24.3 Å². The predicted octanol–water partition coefficient (Wildman–Crippen LogP) is 0.665. The Balaban J connectivity index is 1.52. The fraction of sp³-hybridized carbons (Fsp3) is 0.533. The molecule has 2 atom stereocenters. The number of carboxylic acids is 1. The zero-order valence-electron chi connectivity index (χ0n) is 12.5. The highest BCUT2D eigenvalue weighted by Crippen LogP contribution is 2.22. The van der Waals surface area contributed by atoms with Crippen LogP contribution in [-0.2, 0) is 14.3 Å². The summed E-state index contributed by atoms with van der Waals surface area (Å²) in [4.78, 5) is 38.9. The van der Waals surface area contributed by atoms with E-state index in [1.807, 2.05) is 10.8 Å². The van der Waals surface area contributed by atoms with Crippen LogP contribution in [0.3, 0.4) is 0 Å². The van der Waals surface area contributed by atoms with Crippen molar-refractivity contribution < 1.29 is 24.2 Å². The molecule has 2 saturated heterocycles. The molecule has 124 valence electrons. The molecular weight excluding hydrogens is 320 g/mol. The Morgan fingerprint density at radius 2 is 1.74 bits per heavy atom. The van der Waals surface area contributed by atoms with Gasteiger partial charge in [-0.25, -0.2) is 4.79 Å². The van der Waals surface area contributed by atoms with Crippen LogP contribution in [0.25, 0.3) is 0 Å². The zero-order valence-corrected chi connectivity index (χ0v) is 13.3. The lowest BCUT2D eigenvalue weighted by molar-refractivity contribution is -0.155. The number of hydrogen-bond donors (Lipinski definition) is 1. The van der Waals surface area contributed by atoms with Gasteiger partial charge >= 0.3 is 5.97 Å². The molecule has 2 fully saturated rings. The summed E-state index contributed by atoms with van der Waals surface area (Å²) in [6, 6.07) is 1.79. The Morgan fingerprint density at radius 3 is 2.30 bits per heavy atom. The van der Waals surface area contributed by atoms with E-state index in [0.717, 1.165) is 0 Å². The molecule has 1 aromatic heterocycles. The average Bonchev–Trinajstić information content (AvgIpc) is 3.25. The third-order valence-corrected chi connectivity index (χ3v) is 4.90. The van der Waals surface area contributed by atoms with Crippen molar-refractivity contribution in [3.05, 3.63) is 22.4 Å². The summed E-state index contributed by atoms with van der Waals surface area (Å²) in [5.41, 5.74) is 0.679. The lowest BCUT2D eigenvalue weighted by Crippen LogP contribution is -2.52. The van der Waals surface area contributed by atoms with Crippen LogP contribution in [0.5, 0.6) is 0 Å². The summed E-state index contributed by atoms with van der Waals surface area (Å²) in [6.07, 6.45) is -0.757. The quantitative estimate of drug-likeness (QED) is 0.875. The lowest BCUT2D eigenvalue weighted by Gasteiger charge is -2.35. The Hall–Kier alpha value is -1.93. The predicted molar refractivity (Wildman–Crippen MR) is 82.3 cm³/mol. The highest BCUT2D eigenvalue weighted by Gasteiger charge is 2.37. The number of aliphatic carboxylic acids is 1. The van der Waals surface area contributed by atoms with Crippen molar-refractivity contribution in [3.63, 3.8) is 0 Å². The molecule has 3 rings (SSSR count). The second-order valence-electron chi connectivity index (χ2n) is 5.66.